The highest BCUT2D eigenvalue weighted by Crippen LogP contribution is 2.37. The van der Waals surface area contributed by atoms with Crippen LogP contribution in [0.15, 0.2) is 0 Å². The molecule has 0 aromatic heterocycles. The molecule has 4 fully saturated rings. The van der Waals surface area contributed by atoms with E-state index in [4.69, 9.17) is 4.74 Å². The van der Waals surface area contributed by atoms with E-state index in [1.165, 1.54) is 19.3 Å². The van der Waals surface area contributed by atoms with Gasteiger partial charge < -0.3 is 25.0 Å². The number of rotatable bonds is 3. The minimum absolute atomic E-state index is 0.00236. The standard InChI is InChI=1S/C30H51F2N3O4/c1-29(2)21-39-16-6-7-24-19-34(28(38)33-25-8-4-3-5-9-25)15-12-23(24)17-27(37)35(20-26(29)36)18-22-10-13-30(31,32)14-11-22/h22-26,36H,3-21H2,1-2H3,(H,33,38)/t23-,24-,26-/m0/s1. The van der Waals surface area contributed by atoms with E-state index in [0.717, 1.165) is 32.1 Å². The van der Waals surface area contributed by atoms with Crippen LogP contribution in [0.5, 0.6) is 0 Å². The topological polar surface area (TPSA) is 82.1 Å². The lowest BCUT2D eigenvalue weighted by molar-refractivity contribution is -0.137. The maximum absolute atomic E-state index is 13.8. The van der Waals surface area contributed by atoms with E-state index in [1.54, 1.807) is 4.90 Å². The van der Waals surface area contributed by atoms with E-state index in [2.05, 4.69) is 5.32 Å². The minimum atomic E-state index is -2.61. The molecule has 4 aliphatic rings. The van der Waals surface area contributed by atoms with Crippen LogP contribution in [-0.4, -0.2) is 84.3 Å². The molecule has 2 saturated carbocycles. The van der Waals surface area contributed by atoms with Gasteiger partial charge in [-0.1, -0.05) is 33.1 Å². The molecule has 0 spiro atoms. The van der Waals surface area contributed by atoms with Crippen molar-refractivity contribution < 1.29 is 28.2 Å². The van der Waals surface area contributed by atoms with Crippen molar-refractivity contribution in [3.8, 4) is 0 Å². The van der Waals surface area contributed by atoms with Gasteiger partial charge in [0.2, 0.25) is 11.8 Å². The van der Waals surface area contributed by atoms with E-state index >= 15 is 0 Å². The Morgan fingerprint density at radius 1 is 1.00 bits per heavy atom. The number of ether oxygens (including phenoxy) is 1. The third-order valence-corrected chi connectivity index (χ3v) is 9.85. The molecule has 39 heavy (non-hydrogen) atoms. The molecule has 2 saturated heterocycles. The summed E-state index contributed by atoms with van der Waals surface area (Å²) in [4.78, 5) is 30.5. The monoisotopic (exact) mass is 555 g/mol. The van der Waals surface area contributed by atoms with Crippen LogP contribution in [0.4, 0.5) is 13.6 Å². The fraction of sp³-hybridized carbons (Fsp3) is 0.933. The highest BCUT2D eigenvalue weighted by Gasteiger charge is 2.39. The second-order valence-corrected chi connectivity index (χ2v) is 13.5. The normalized spacial score (nSPS) is 31.9. The van der Waals surface area contributed by atoms with Gasteiger partial charge in [-0.15, -0.1) is 0 Å². The van der Waals surface area contributed by atoms with Crippen molar-refractivity contribution in [2.45, 2.75) is 115 Å². The number of hydrogen-bond donors (Lipinski definition) is 2. The Morgan fingerprint density at radius 3 is 2.44 bits per heavy atom. The molecule has 0 radical (unpaired) electrons. The molecule has 0 bridgehead atoms. The highest BCUT2D eigenvalue weighted by atomic mass is 19.3. The molecule has 4 rings (SSSR count). The van der Waals surface area contributed by atoms with Crippen molar-refractivity contribution in [1.82, 2.24) is 15.1 Å². The van der Waals surface area contributed by atoms with Crippen molar-refractivity contribution in [3.63, 3.8) is 0 Å². The molecule has 0 unspecified atom stereocenters. The maximum atomic E-state index is 13.8. The van der Waals surface area contributed by atoms with Crippen molar-refractivity contribution in [1.29, 1.82) is 0 Å². The first-order valence-corrected chi connectivity index (χ1v) is 15.5. The predicted octanol–water partition coefficient (Wildman–Crippen LogP) is 5.21. The van der Waals surface area contributed by atoms with Gasteiger partial charge in [-0.2, -0.15) is 0 Å². The lowest BCUT2D eigenvalue weighted by Crippen LogP contribution is -2.52. The van der Waals surface area contributed by atoms with Crippen molar-refractivity contribution >= 4 is 11.9 Å². The van der Waals surface area contributed by atoms with E-state index < -0.39 is 17.4 Å². The summed E-state index contributed by atoms with van der Waals surface area (Å²) < 4.78 is 33.5. The molecule has 3 atom stereocenters. The van der Waals surface area contributed by atoms with Crippen LogP contribution in [0.2, 0.25) is 0 Å². The molecular weight excluding hydrogens is 504 g/mol. The number of aliphatic hydroxyl groups excluding tert-OH is 1. The Kier molecular flexibility index (Phi) is 10.5. The van der Waals surface area contributed by atoms with Gasteiger partial charge >= 0.3 is 6.03 Å². The van der Waals surface area contributed by atoms with Crippen LogP contribution in [0.1, 0.15) is 97.3 Å². The number of likely N-dealkylation sites (tertiary alicyclic amines) is 1. The SMILES string of the molecule is CC1(C)COCCC[C@H]2CN(C(=O)NC3CCCCC3)CC[C@H]2CC(=O)N(CC2CCC(F)(F)CC2)C[C@@H]1O. The van der Waals surface area contributed by atoms with Gasteiger partial charge in [0.1, 0.15) is 0 Å². The predicted molar refractivity (Wildman–Crippen MR) is 147 cm³/mol. The Bertz CT molecular complexity index is 810. The third-order valence-electron chi connectivity index (χ3n) is 9.85. The van der Waals surface area contributed by atoms with Crippen LogP contribution in [-0.2, 0) is 9.53 Å². The summed E-state index contributed by atoms with van der Waals surface area (Å²) in [5.41, 5.74) is -0.535. The average Bonchev–Trinajstić information content (AvgIpc) is 2.90. The van der Waals surface area contributed by atoms with Crippen molar-refractivity contribution in [2.75, 3.05) is 39.4 Å². The number of halogens is 2. The summed E-state index contributed by atoms with van der Waals surface area (Å²) >= 11 is 0. The summed E-state index contributed by atoms with van der Waals surface area (Å²) in [6, 6.07) is 0.286. The minimum Gasteiger partial charge on any atom is -0.391 e. The van der Waals surface area contributed by atoms with Gasteiger partial charge in [0.25, 0.3) is 0 Å². The Labute approximate surface area is 233 Å². The van der Waals surface area contributed by atoms with Gasteiger partial charge in [0, 0.05) is 63.5 Å². The van der Waals surface area contributed by atoms with E-state index in [0.29, 0.717) is 52.1 Å². The first-order valence-electron chi connectivity index (χ1n) is 15.5. The Balaban J connectivity index is 1.43. The second kappa shape index (κ2) is 13.5. The first-order chi connectivity index (χ1) is 18.5. The number of alkyl halides is 2. The van der Waals surface area contributed by atoms with Gasteiger partial charge in [0.05, 0.1) is 12.7 Å². The van der Waals surface area contributed by atoms with E-state index in [-0.39, 0.29) is 55.1 Å². The number of urea groups is 1. The summed E-state index contributed by atoms with van der Waals surface area (Å²) in [7, 11) is 0. The largest absolute Gasteiger partial charge is 0.391 e. The number of carbonyl (C=O) groups is 2. The second-order valence-electron chi connectivity index (χ2n) is 13.5. The van der Waals surface area contributed by atoms with Gasteiger partial charge in [0.15, 0.2) is 0 Å². The zero-order chi connectivity index (χ0) is 28.0. The zero-order valence-electron chi connectivity index (χ0n) is 24.1. The fourth-order valence-electron chi connectivity index (χ4n) is 6.93. The number of aliphatic hydroxyl groups is 1. The molecule has 2 aliphatic heterocycles. The number of nitrogens with one attached hydrogen (secondary N) is 1. The zero-order valence-corrected chi connectivity index (χ0v) is 24.1. The number of fused-ring (bicyclic) bond motifs is 1. The van der Waals surface area contributed by atoms with Gasteiger partial charge in [-0.3, -0.25) is 4.79 Å². The van der Waals surface area contributed by atoms with Crippen LogP contribution in [0.25, 0.3) is 0 Å². The number of hydrogen-bond acceptors (Lipinski definition) is 4. The maximum Gasteiger partial charge on any atom is 0.317 e. The Hall–Kier alpha value is -1.48. The molecule has 2 N–H and O–H groups in total. The summed E-state index contributed by atoms with van der Waals surface area (Å²) in [6.45, 7) is 6.75. The number of amides is 3. The Morgan fingerprint density at radius 2 is 1.72 bits per heavy atom. The summed E-state index contributed by atoms with van der Waals surface area (Å²) in [5.74, 6) is -2.23. The molecule has 7 nitrogen and oxygen atoms in total. The molecule has 3 amide bonds. The number of carbonyl (C=O) groups excluding carboxylic acids is 2. The lowest BCUT2D eigenvalue weighted by Gasteiger charge is -2.41. The van der Waals surface area contributed by atoms with Crippen LogP contribution < -0.4 is 5.32 Å². The van der Waals surface area contributed by atoms with Gasteiger partial charge in [-0.05, 0) is 62.7 Å². The smallest absolute Gasteiger partial charge is 0.317 e. The average molecular weight is 556 g/mol. The molecule has 0 aromatic rings. The highest BCUT2D eigenvalue weighted by molar-refractivity contribution is 5.77. The fourth-order valence-corrected chi connectivity index (χ4v) is 6.93. The molecule has 2 aliphatic carbocycles. The van der Waals surface area contributed by atoms with Crippen LogP contribution >= 0.6 is 0 Å². The van der Waals surface area contributed by atoms with E-state index in [1.807, 2.05) is 18.7 Å². The molecule has 0 aromatic carbocycles. The van der Waals surface area contributed by atoms with Crippen LogP contribution in [0.3, 0.4) is 0 Å². The first kappa shape index (κ1) is 30.5. The third kappa shape index (κ3) is 8.75. The van der Waals surface area contributed by atoms with Crippen molar-refractivity contribution in [3.05, 3.63) is 0 Å². The molecular formula is C30H51F2N3O4. The molecule has 9 heteroatoms. The number of piperidine rings is 1. The molecule has 2 heterocycles. The molecule has 224 valence electrons. The van der Waals surface area contributed by atoms with E-state index in [9.17, 15) is 23.5 Å². The number of β-amino-alcohol motifs (C(OH)–C–C–N with tert-alkyl or cyclic N) is 1. The number of nitrogens with zero attached hydrogens (tertiary/aromatic N) is 2. The summed E-state index contributed by atoms with van der Waals surface area (Å²) in [5, 5.41) is 14.4. The van der Waals surface area contributed by atoms with Crippen LogP contribution in [0, 0.1) is 23.2 Å². The summed E-state index contributed by atoms with van der Waals surface area (Å²) in [6.07, 6.45) is 8.32. The quantitative estimate of drug-likeness (QED) is 0.501. The lowest BCUT2D eigenvalue weighted by atomic mass is 9.80. The van der Waals surface area contributed by atoms with Crippen molar-refractivity contribution in [2.24, 2.45) is 23.2 Å². The van der Waals surface area contributed by atoms with Gasteiger partial charge in [-0.25, -0.2) is 13.6 Å².